The van der Waals surface area contributed by atoms with Crippen LogP contribution in [0.15, 0.2) is 65.8 Å². The molecule has 1 amide bonds. The number of para-hydroxylation sites is 1. The van der Waals surface area contributed by atoms with Crippen LogP contribution in [0.1, 0.15) is 20.3 Å². The summed E-state index contributed by atoms with van der Waals surface area (Å²) in [6.45, 7) is 2.84. The minimum absolute atomic E-state index is 0.0445. The van der Waals surface area contributed by atoms with Crippen molar-refractivity contribution < 1.29 is 27.4 Å². The van der Waals surface area contributed by atoms with Crippen molar-refractivity contribution in [2.75, 3.05) is 13.1 Å². The zero-order valence-corrected chi connectivity index (χ0v) is 20.2. The number of isocyanates is 1. The second-order valence-electron chi connectivity index (χ2n) is 8.21. The molecule has 0 saturated heterocycles. The number of hydrogen-bond acceptors (Lipinski definition) is 7. The van der Waals surface area contributed by atoms with E-state index in [0.29, 0.717) is 17.3 Å². The van der Waals surface area contributed by atoms with Gasteiger partial charge in [-0.15, -0.1) is 4.58 Å². The first-order chi connectivity index (χ1) is 16.7. The molecular formula is C24H26N5O5S+. The van der Waals surface area contributed by atoms with Crippen molar-refractivity contribution in [1.82, 2.24) is 20.0 Å². The molecule has 10 nitrogen and oxygen atoms in total. The van der Waals surface area contributed by atoms with Crippen molar-refractivity contribution in [3.63, 3.8) is 0 Å². The summed E-state index contributed by atoms with van der Waals surface area (Å²) < 4.78 is 28.9. The van der Waals surface area contributed by atoms with Crippen LogP contribution in [-0.4, -0.2) is 59.9 Å². The van der Waals surface area contributed by atoms with Crippen molar-refractivity contribution in [1.29, 1.82) is 0 Å². The summed E-state index contributed by atoms with van der Waals surface area (Å²) in [7, 11) is -4.02. The van der Waals surface area contributed by atoms with Crippen LogP contribution in [0, 0.1) is 5.92 Å². The van der Waals surface area contributed by atoms with E-state index in [-0.39, 0.29) is 16.6 Å². The molecule has 0 bridgehead atoms. The molecule has 35 heavy (non-hydrogen) atoms. The number of fused-ring (bicyclic) bond motifs is 1. The lowest BCUT2D eigenvalue weighted by Gasteiger charge is -2.16. The zero-order chi connectivity index (χ0) is 25.4. The third-order valence-corrected chi connectivity index (χ3v) is 6.54. The highest BCUT2D eigenvalue weighted by molar-refractivity contribution is 7.89. The fourth-order valence-electron chi connectivity index (χ4n) is 3.45. The Labute approximate surface area is 203 Å². The Bertz CT molecular complexity index is 1360. The topological polar surface area (TPSA) is 138 Å². The molecule has 0 saturated carbocycles. The Morgan fingerprint density at radius 1 is 1.00 bits per heavy atom. The first kappa shape index (κ1) is 25.8. The summed E-state index contributed by atoms with van der Waals surface area (Å²) in [6.07, 6.45) is 5.04. The number of amides is 1. The number of sulfonamides is 1. The predicted molar refractivity (Wildman–Crippen MR) is 128 cm³/mol. The molecular weight excluding hydrogens is 470 g/mol. The van der Waals surface area contributed by atoms with E-state index in [9.17, 15) is 22.8 Å². The van der Waals surface area contributed by atoms with E-state index < -0.39 is 40.8 Å². The van der Waals surface area contributed by atoms with Gasteiger partial charge in [0, 0.05) is 24.1 Å². The molecule has 182 valence electrons. The highest BCUT2D eigenvalue weighted by Gasteiger charge is 2.31. The first-order valence-corrected chi connectivity index (χ1v) is 12.4. The van der Waals surface area contributed by atoms with Gasteiger partial charge in [-0.25, -0.2) is 13.1 Å². The Hall–Kier alpha value is -3.79. The van der Waals surface area contributed by atoms with Gasteiger partial charge in [0.15, 0.2) is 11.8 Å². The number of aromatic nitrogens is 2. The van der Waals surface area contributed by atoms with Gasteiger partial charge < -0.3 is 5.32 Å². The van der Waals surface area contributed by atoms with Crippen LogP contribution >= 0.6 is 0 Å². The summed E-state index contributed by atoms with van der Waals surface area (Å²) in [5.41, 5.74) is 0.291. The number of hydrogen-bond donors (Lipinski definition) is 2. The third-order valence-electron chi connectivity index (χ3n) is 5.11. The Kier molecular flexibility index (Phi) is 8.53. The van der Waals surface area contributed by atoms with Gasteiger partial charge in [-0.1, -0.05) is 38.1 Å². The molecule has 0 aliphatic carbocycles. The molecule has 1 atom stereocenters. The number of nitrogens with one attached hydrogen (secondary N) is 2. The third kappa shape index (κ3) is 6.63. The van der Waals surface area contributed by atoms with Gasteiger partial charge in [-0.3, -0.25) is 14.6 Å². The van der Waals surface area contributed by atoms with E-state index >= 15 is 0 Å². The molecule has 0 fully saturated rings. The van der Waals surface area contributed by atoms with Gasteiger partial charge in [0.1, 0.15) is 11.1 Å². The number of carbonyl (C=O) groups is 2. The maximum absolute atomic E-state index is 12.9. The number of carbonyl (C=O) groups excluding carboxylic acids is 3. The minimum atomic E-state index is -4.02. The SMILES string of the molecule is CC(C)C[C@@H](C(=O)NCC(=O)CNS(=O)(=O)c1cccc2cccnc12)[N+](=C=O)c1ccccn1. The molecule has 0 aliphatic heterocycles. The van der Waals surface area contributed by atoms with Crippen LogP contribution in [0.5, 0.6) is 0 Å². The molecule has 0 spiro atoms. The molecule has 2 aromatic heterocycles. The highest BCUT2D eigenvalue weighted by atomic mass is 32.2. The molecule has 0 aliphatic rings. The second kappa shape index (κ2) is 11.6. The standard InChI is InChI=1S/C24H25N5O5S/c1-17(2)13-20(29(16-30)22-10-3-4-11-25-22)24(32)27-14-19(31)15-28-35(33,34)21-9-5-7-18-8-6-12-26-23(18)21/h3-12,17,20,28H,13-15H2,1-2H3/p+1/t20-/m0/s1. The normalized spacial score (nSPS) is 12.2. The number of ketones is 1. The van der Waals surface area contributed by atoms with Crippen LogP contribution in [0.2, 0.25) is 0 Å². The highest BCUT2D eigenvalue weighted by Crippen LogP contribution is 2.20. The second-order valence-corrected chi connectivity index (χ2v) is 9.94. The predicted octanol–water partition coefficient (Wildman–Crippen LogP) is 1.69. The van der Waals surface area contributed by atoms with Gasteiger partial charge in [0.2, 0.25) is 10.0 Å². The zero-order valence-electron chi connectivity index (χ0n) is 19.3. The molecule has 0 radical (unpaired) electrons. The maximum atomic E-state index is 12.9. The van der Waals surface area contributed by atoms with Gasteiger partial charge in [-0.05, 0) is 29.1 Å². The maximum Gasteiger partial charge on any atom is 0.334 e. The van der Waals surface area contributed by atoms with Crippen LogP contribution in [-0.2, 0) is 24.4 Å². The van der Waals surface area contributed by atoms with Crippen LogP contribution in [0.25, 0.3) is 10.9 Å². The van der Waals surface area contributed by atoms with E-state index in [1.165, 1.54) is 18.5 Å². The monoisotopic (exact) mass is 496 g/mol. The van der Waals surface area contributed by atoms with E-state index in [4.69, 9.17) is 0 Å². The molecule has 2 N–H and O–H groups in total. The lowest BCUT2D eigenvalue weighted by molar-refractivity contribution is -0.473. The van der Waals surface area contributed by atoms with Crippen molar-refractivity contribution in [3.8, 4) is 0 Å². The number of Topliss-reactive ketones (excluding diaryl/α,β-unsaturated/α-hetero) is 1. The van der Waals surface area contributed by atoms with Crippen molar-refractivity contribution in [2.45, 2.75) is 31.2 Å². The Morgan fingerprint density at radius 2 is 1.74 bits per heavy atom. The fourth-order valence-corrected chi connectivity index (χ4v) is 4.64. The quantitative estimate of drug-likeness (QED) is 0.234. The van der Waals surface area contributed by atoms with Gasteiger partial charge in [0.25, 0.3) is 5.91 Å². The lowest BCUT2D eigenvalue weighted by Crippen LogP contribution is -2.45. The molecule has 3 aromatic rings. The summed E-state index contributed by atoms with van der Waals surface area (Å²) >= 11 is 0. The first-order valence-electron chi connectivity index (χ1n) is 10.9. The van der Waals surface area contributed by atoms with E-state index in [1.54, 1.807) is 48.5 Å². The average Bonchev–Trinajstić information content (AvgIpc) is 2.86. The number of pyridine rings is 2. The van der Waals surface area contributed by atoms with Gasteiger partial charge in [0.05, 0.1) is 18.6 Å². The number of rotatable bonds is 11. The van der Waals surface area contributed by atoms with Crippen LogP contribution in [0.3, 0.4) is 0 Å². The van der Waals surface area contributed by atoms with E-state index in [2.05, 4.69) is 20.0 Å². The number of benzene rings is 1. The minimum Gasteiger partial charge on any atom is -0.345 e. The Balaban J connectivity index is 1.65. The smallest absolute Gasteiger partial charge is 0.334 e. The van der Waals surface area contributed by atoms with Gasteiger partial charge in [-0.2, -0.15) is 4.79 Å². The number of nitrogens with zero attached hydrogens (tertiary/aromatic N) is 3. The van der Waals surface area contributed by atoms with Crippen molar-refractivity contribution in [2.24, 2.45) is 5.92 Å². The summed E-state index contributed by atoms with van der Waals surface area (Å²) in [5, 5.41) is 3.14. The molecule has 11 heteroatoms. The largest absolute Gasteiger partial charge is 0.345 e. The molecule has 0 unspecified atom stereocenters. The van der Waals surface area contributed by atoms with Crippen LogP contribution in [0.4, 0.5) is 5.82 Å². The summed E-state index contributed by atoms with van der Waals surface area (Å²) in [5.74, 6) is -0.812. The fraction of sp³-hybridized carbons (Fsp3) is 0.292. The summed E-state index contributed by atoms with van der Waals surface area (Å²) in [6, 6.07) is 12.2. The summed E-state index contributed by atoms with van der Waals surface area (Å²) in [4.78, 5) is 45.1. The molecule has 1 aromatic carbocycles. The van der Waals surface area contributed by atoms with E-state index in [1.807, 2.05) is 13.8 Å². The van der Waals surface area contributed by atoms with Crippen molar-refractivity contribution in [3.05, 3.63) is 60.9 Å². The average molecular weight is 497 g/mol. The van der Waals surface area contributed by atoms with E-state index in [0.717, 1.165) is 4.58 Å². The van der Waals surface area contributed by atoms with Gasteiger partial charge >= 0.3 is 11.9 Å². The molecule has 2 heterocycles. The van der Waals surface area contributed by atoms with Crippen LogP contribution < -0.4 is 10.0 Å². The van der Waals surface area contributed by atoms with Crippen molar-refractivity contribution >= 4 is 44.5 Å². The lowest BCUT2D eigenvalue weighted by atomic mass is 10.0. The Morgan fingerprint density at radius 3 is 2.43 bits per heavy atom. The molecule has 3 rings (SSSR count).